The average molecular weight is 325 g/mol. The van der Waals surface area contributed by atoms with E-state index >= 15 is 0 Å². The lowest BCUT2D eigenvalue weighted by Gasteiger charge is -2.08. The van der Waals surface area contributed by atoms with Crippen molar-refractivity contribution in [2.75, 3.05) is 5.32 Å². The van der Waals surface area contributed by atoms with Gasteiger partial charge in [0.25, 0.3) is 0 Å². The van der Waals surface area contributed by atoms with Crippen molar-refractivity contribution in [3.05, 3.63) is 65.2 Å². The predicted octanol–water partition coefficient (Wildman–Crippen LogP) is 5.69. The molecule has 2 nitrogen and oxygen atoms in total. The smallest absolute Gasteiger partial charge is 0.0681 e. The number of nitrogens with one attached hydrogen (secondary N) is 1. The number of benzene rings is 2. The van der Waals surface area contributed by atoms with Crippen LogP contribution < -0.4 is 5.32 Å². The number of aliphatic hydroxyl groups excluding tert-OH is 1. The van der Waals surface area contributed by atoms with Gasteiger partial charge < -0.3 is 10.4 Å². The molecule has 0 spiro atoms. The summed E-state index contributed by atoms with van der Waals surface area (Å²) in [4.78, 5) is 0. The summed E-state index contributed by atoms with van der Waals surface area (Å²) in [6.07, 6.45) is 9.30. The lowest BCUT2D eigenvalue weighted by molar-refractivity contribution is 0.282. The van der Waals surface area contributed by atoms with Gasteiger partial charge in [-0.25, -0.2) is 0 Å². The van der Waals surface area contributed by atoms with Crippen LogP contribution in [0.3, 0.4) is 0 Å². The molecule has 0 aromatic heterocycles. The van der Waals surface area contributed by atoms with Crippen LogP contribution in [0.1, 0.15) is 62.1 Å². The first-order chi connectivity index (χ1) is 11.8. The molecule has 2 aromatic carbocycles. The van der Waals surface area contributed by atoms with Crippen LogP contribution in [0.2, 0.25) is 0 Å². The summed E-state index contributed by atoms with van der Waals surface area (Å²) in [5, 5.41) is 12.5. The highest BCUT2D eigenvalue weighted by molar-refractivity contribution is 5.45. The molecule has 2 heteroatoms. The third kappa shape index (κ3) is 6.76. The summed E-state index contributed by atoms with van der Waals surface area (Å²) in [7, 11) is 0. The van der Waals surface area contributed by atoms with E-state index in [4.69, 9.17) is 5.11 Å². The van der Waals surface area contributed by atoms with E-state index in [-0.39, 0.29) is 6.61 Å². The topological polar surface area (TPSA) is 32.3 Å². The number of aliphatic hydroxyl groups is 1. The number of rotatable bonds is 11. The molecule has 0 aliphatic carbocycles. The standard InChI is InChI=1S/C22H31NO/c1-2-3-4-5-6-7-8-19-13-15-22(16-14-19)23-17-20-9-11-21(18-24)12-10-20/h9-16,23-24H,2-8,17-18H2,1H3. The predicted molar refractivity (Wildman–Crippen MR) is 103 cm³/mol. The largest absolute Gasteiger partial charge is 0.392 e. The Bertz CT molecular complexity index is 560. The molecule has 0 saturated carbocycles. The summed E-state index contributed by atoms with van der Waals surface area (Å²) in [5.41, 5.74) is 4.78. The molecule has 0 bridgehead atoms. The second-order valence-corrected chi connectivity index (χ2v) is 6.54. The molecule has 2 aromatic rings. The number of hydrogen-bond donors (Lipinski definition) is 2. The van der Waals surface area contributed by atoms with Crippen LogP contribution in [0.15, 0.2) is 48.5 Å². The second-order valence-electron chi connectivity index (χ2n) is 6.54. The fourth-order valence-corrected chi connectivity index (χ4v) is 2.87. The number of anilines is 1. The Hall–Kier alpha value is -1.80. The molecule has 0 saturated heterocycles. The Labute approximate surface area is 146 Å². The van der Waals surface area contributed by atoms with Crippen molar-refractivity contribution in [3.8, 4) is 0 Å². The Morgan fingerprint density at radius 1 is 0.708 bits per heavy atom. The van der Waals surface area contributed by atoms with Crippen LogP contribution >= 0.6 is 0 Å². The van der Waals surface area contributed by atoms with E-state index in [1.165, 1.54) is 56.1 Å². The second kappa shape index (κ2) is 10.9. The molecule has 0 amide bonds. The fraction of sp³-hybridized carbons (Fsp3) is 0.455. The van der Waals surface area contributed by atoms with Crippen LogP contribution in [0.5, 0.6) is 0 Å². The Balaban J connectivity index is 1.69. The maximum absolute atomic E-state index is 9.06. The van der Waals surface area contributed by atoms with Gasteiger partial charge >= 0.3 is 0 Å². The van der Waals surface area contributed by atoms with Crippen molar-refractivity contribution in [3.63, 3.8) is 0 Å². The maximum atomic E-state index is 9.06. The van der Waals surface area contributed by atoms with Gasteiger partial charge in [0.15, 0.2) is 0 Å². The summed E-state index contributed by atoms with van der Waals surface area (Å²) < 4.78 is 0. The maximum Gasteiger partial charge on any atom is 0.0681 e. The van der Waals surface area contributed by atoms with E-state index in [0.717, 1.165) is 17.8 Å². The third-order valence-electron chi connectivity index (χ3n) is 4.48. The van der Waals surface area contributed by atoms with Crippen LogP contribution in [-0.2, 0) is 19.6 Å². The summed E-state index contributed by atoms with van der Waals surface area (Å²) >= 11 is 0. The van der Waals surface area contributed by atoms with Crippen LogP contribution in [0.25, 0.3) is 0 Å². The van der Waals surface area contributed by atoms with Gasteiger partial charge in [-0.2, -0.15) is 0 Å². The first-order valence-electron chi connectivity index (χ1n) is 9.33. The van der Waals surface area contributed by atoms with Gasteiger partial charge in [-0.3, -0.25) is 0 Å². The lowest BCUT2D eigenvalue weighted by Crippen LogP contribution is -1.99. The molecular formula is C22H31NO. The fourth-order valence-electron chi connectivity index (χ4n) is 2.87. The van der Waals surface area contributed by atoms with Gasteiger partial charge in [-0.05, 0) is 41.7 Å². The number of hydrogen-bond acceptors (Lipinski definition) is 2. The molecule has 130 valence electrons. The summed E-state index contributed by atoms with van der Waals surface area (Å²) in [6.45, 7) is 3.18. The van der Waals surface area contributed by atoms with E-state index < -0.39 is 0 Å². The summed E-state index contributed by atoms with van der Waals surface area (Å²) in [6, 6.07) is 16.9. The molecule has 0 heterocycles. The highest BCUT2D eigenvalue weighted by Gasteiger charge is 1.98. The third-order valence-corrected chi connectivity index (χ3v) is 4.48. The molecule has 24 heavy (non-hydrogen) atoms. The van der Waals surface area contributed by atoms with Crippen LogP contribution in [-0.4, -0.2) is 5.11 Å². The van der Waals surface area contributed by atoms with Gasteiger partial charge in [0.1, 0.15) is 0 Å². The van der Waals surface area contributed by atoms with E-state index in [0.29, 0.717) is 0 Å². The van der Waals surface area contributed by atoms with Crippen molar-refractivity contribution >= 4 is 5.69 Å². The van der Waals surface area contributed by atoms with Crippen molar-refractivity contribution in [1.82, 2.24) is 0 Å². The highest BCUT2D eigenvalue weighted by atomic mass is 16.3. The Morgan fingerprint density at radius 2 is 1.29 bits per heavy atom. The van der Waals surface area contributed by atoms with Gasteiger partial charge in [0, 0.05) is 12.2 Å². The SMILES string of the molecule is CCCCCCCCc1ccc(NCc2ccc(CO)cc2)cc1. The monoisotopic (exact) mass is 325 g/mol. The lowest BCUT2D eigenvalue weighted by atomic mass is 10.0. The zero-order valence-electron chi connectivity index (χ0n) is 14.9. The zero-order chi connectivity index (χ0) is 17.0. The average Bonchev–Trinajstić information content (AvgIpc) is 2.64. The van der Waals surface area contributed by atoms with Crippen molar-refractivity contribution in [2.24, 2.45) is 0 Å². The molecule has 0 aliphatic rings. The minimum Gasteiger partial charge on any atom is -0.392 e. The molecule has 2 N–H and O–H groups in total. The zero-order valence-corrected chi connectivity index (χ0v) is 14.9. The minimum absolute atomic E-state index is 0.105. The molecule has 0 fully saturated rings. The van der Waals surface area contributed by atoms with Gasteiger partial charge in [0.05, 0.1) is 6.61 Å². The minimum atomic E-state index is 0.105. The molecular weight excluding hydrogens is 294 g/mol. The van der Waals surface area contributed by atoms with E-state index in [2.05, 4.69) is 48.6 Å². The molecule has 0 unspecified atom stereocenters. The van der Waals surface area contributed by atoms with Gasteiger partial charge in [-0.15, -0.1) is 0 Å². The normalized spacial score (nSPS) is 10.8. The summed E-state index contributed by atoms with van der Waals surface area (Å²) in [5.74, 6) is 0. The quantitative estimate of drug-likeness (QED) is 0.520. The number of unbranched alkanes of at least 4 members (excludes halogenated alkanes) is 5. The van der Waals surface area contributed by atoms with Gasteiger partial charge in [-0.1, -0.05) is 75.4 Å². The van der Waals surface area contributed by atoms with Crippen molar-refractivity contribution in [1.29, 1.82) is 0 Å². The van der Waals surface area contributed by atoms with Gasteiger partial charge in [0.2, 0.25) is 0 Å². The van der Waals surface area contributed by atoms with E-state index in [9.17, 15) is 0 Å². The molecule has 2 rings (SSSR count). The Kier molecular flexibility index (Phi) is 8.40. The van der Waals surface area contributed by atoms with Crippen LogP contribution in [0.4, 0.5) is 5.69 Å². The van der Waals surface area contributed by atoms with E-state index in [1.54, 1.807) is 0 Å². The Morgan fingerprint density at radius 3 is 1.96 bits per heavy atom. The highest BCUT2D eigenvalue weighted by Crippen LogP contribution is 2.15. The van der Waals surface area contributed by atoms with Crippen molar-refractivity contribution < 1.29 is 5.11 Å². The first-order valence-corrected chi connectivity index (χ1v) is 9.33. The molecule has 0 atom stereocenters. The molecule has 0 radical (unpaired) electrons. The van der Waals surface area contributed by atoms with E-state index in [1.807, 2.05) is 12.1 Å². The van der Waals surface area contributed by atoms with Crippen LogP contribution in [0, 0.1) is 0 Å². The molecule has 0 aliphatic heterocycles. The number of aryl methyl sites for hydroxylation is 1. The van der Waals surface area contributed by atoms with Crippen molar-refractivity contribution in [2.45, 2.75) is 65.0 Å². The first kappa shape index (κ1) is 18.5.